The van der Waals surface area contributed by atoms with Gasteiger partial charge in [-0.1, -0.05) is 5.16 Å². The molecule has 16 heavy (non-hydrogen) atoms. The average Bonchev–Trinajstić information content (AvgIpc) is 2.87. The van der Waals surface area contributed by atoms with E-state index in [4.69, 9.17) is 4.52 Å². The molecule has 0 aliphatic heterocycles. The summed E-state index contributed by atoms with van der Waals surface area (Å²) >= 11 is 1.62. The third-order valence-electron chi connectivity index (χ3n) is 2.26. The molecule has 1 unspecified atom stereocenters. The normalized spacial score (nSPS) is 12.9. The van der Waals surface area contributed by atoms with Crippen molar-refractivity contribution in [1.29, 1.82) is 0 Å². The maximum atomic E-state index is 5.15. The molecule has 0 bridgehead atoms. The van der Waals surface area contributed by atoms with E-state index in [1.807, 2.05) is 26.3 Å². The van der Waals surface area contributed by atoms with Gasteiger partial charge in [0.05, 0.1) is 12.5 Å². The molecule has 0 amide bonds. The highest BCUT2D eigenvalue weighted by molar-refractivity contribution is 7.09. The molecule has 0 fully saturated rings. The largest absolute Gasteiger partial charge is 0.338 e. The molecular formula is C10H14N4OS. The number of hydrogen-bond donors (Lipinski definition) is 1. The van der Waals surface area contributed by atoms with Crippen molar-refractivity contribution in [1.82, 2.24) is 20.4 Å². The Morgan fingerprint density at radius 3 is 2.94 bits per heavy atom. The summed E-state index contributed by atoms with van der Waals surface area (Å²) in [6.07, 6.45) is 0.637. The molecule has 6 heteroatoms. The summed E-state index contributed by atoms with van der Waals surface area (Å²) < 4.78 is 5.15. The molecular weight excluding hydrogens is 224 g/mol. The van der Waals surface area contributed by atoms with Crippen LogP contribution in [-0.4, -0.2) is 22.2 Å². The van der Waals surface area contributed by atoms with Gasteiger partial charge in [0.15, 0.2) is 5.82 Å². The van der Waals surface area contributed by atoms with Crippen molar-refractivity contribution < 1.29 is 4.52 Å². The van der Waals surface area contributed by atoms with Crippen molar-refractivity contribution in [2.45, 2.75) is 26.3 Å². The van der Waals surface area contributed by atoms with Crippen LogP contribution in [0.1, 0.15) is 35.4 Å². The molecule has 2 aromatic heterocycles. The molecule has 2 aromatic rings. The van der Waals surface area contributed by atoms with Crippen LogP contribution in [0, 0.1) is 6.92 Å². The van der Waals surface area contributed by atoms with Gasteiger partial charge in [-0.25, -0.2) is 4.98 Å². The van der Waals surface area contributed by atoms with Crippen molar-refractivity contribution in [3.63, 3.8) is 0 Å². The third-order valence-corrected chi connectivity index (χ3v) is 3.23. The van der Waals surface area contributed by atoms with Crippen LogP contribution in [0.2, 0.25) is 0 Å². The highest BCUT2D eigenvalue weighted by Gasteiger charge is 2.13. The minimum Gasteiger partial charge on any atom is -0.338 e. The summed E-state index contributed by atoms with van der Waals surface area (Å²) in [7, 11) is 1.86. The molecule has 2 rings (SSSR count). The fourth-order valence-corrected chi connectivity index (χ4v) is 2.03. The Bertz CT molecular complexity index is 465. The fourth-order valence-electron chi connectivity index (χ4n) is 1.26. The highest BCUT2D eigenvalue weighted by atomic mass is 32.1. The van der Waals surface area contributed by atoms with Crippen LogP contribution in [0.5, 0.6) is 0 Å². The van der Waals surface area contributed by atoms with Gasteiger partial charge in [0.1, 0.15) is 5.01 Å². The lowest BCUT2D eigenvalue weighted by Crippen LogP contribution is -2.12. The second kappa shape index (κ2) is 4.71. The van der Waals surface area contributed by atoms with E-state index in [0.29, 0.717) is 18.1 Å². The summed E-state index contributed by atoms with van der Waals surface area (Å²) in [6, 6.07) is 0.0827. The molecule has 0 radical (unpaired) electrons. The average molecular weight is 238 g/mol. The zero-order valence-corrected chi connectivity index (χ0v) is 10.3. The van der Waals surface area contributed by atoms with Crippen molar-refractivity contribution in [2.24, 2.45) is 0 Å². The van der Waals surface area contributed by atoms with Gasteiger partial charge in [0.25, 0.3) is 0 Å². The molecule has 0 aliphatic carbocycles. The van der Waals surface area contributed by atoms with Gasteiger partial charge in [-0.05, 0) is 20.9 Å². The zero-order chi connectivity index (χ0) is 11.5. The van der Waals surface area contributed by atoms with E-state index in [1.54, 1.807) is 11.3 Å². The van der Waals surface area contributed by atoms with Crippen molar-refractivity contribution in [2.75, 3.05) is 7.05 Å². The van der Waals surface area contributed by atoms with Crippen LogP contribution in [0.4, 0.5) is 0 Å². The summed E-state index contributed by atoms with van der Waals surface area (Å²) in [5.41, 5.74) is 1.03. The Morgan fingerprint density at radius 1 is 1.50 bits per heavy atom. The first-order valence-corrected chi connectivity index (χ1v) is 5.97. The van der Waals surface area contributed by atoms with Gasteiger partial charge >= 0.3 is 0 Å². The SMILES string of the molecule is CNC(C)c1nc(Cc2nc(C)cs2)no1. The van der Waals surface area contributed by atoms with E-state index in [1.165, 1.54) is 0 Å². The third kappa shape index (κ3) is 2.45. The lowest BCUT2D eigenvalue weighted by molar-refractivity contribution is 0.344. The Morgan fingerprint density at radius 2 is 2.31 bits per heavy atom. The van der Waals surface area contributed by atoms with Crippen LogP contribution in [0.15, 0.2) is 9.90 Å². The number of nitrogens with zero attached hydrogens (tertiary/aromatic N) is 3. The Kier molecular flexibility index (Phi) is 3.31. The van der Waals surface area contributed by atoms with Crippen LogP contribution < -0.4 is 5.32 Å². The number of aromatic nitrogens is 3. The van der Waals surface area contributed by atoms with E-state index in [-0.39, 0.29) is 6.04 Å². The first-order valence-electron chi connectivity index (χ1n) is 5.10. The van der Waals surface area contributed by atoms with E-state index < -0.39 is 0 Å². The summed E-state index contributed by atoms with van der Waals surface area (Å²) in [6.45, 7) is 3.95. The van der Waals surface area contributed by atoms with Gasteiger partial charge in [-0.15, -0.1) is 11.3 Å². The van der Waals surface area contributed by atoms with E-state index in [9.17, 15) is 0 Å². The van der Waals surface area contributed by atoms with Crippen LogP contribution in [0.25, 0.3) is 0 Å². The Hall–Kier alpha value is -1.27. The van der Waals surface area contributed by atoms with Gasteiger partial charge in [-0.3, -0.25) is 0 Å². The van der Waals surface area contributed by atoms with Crippen molar-refractivity contribution in [3.05, 3.63) is 27.8 Å². The number of thiazole rings is 1. The van der Waals surface area contributed by atoms with E-state index in [0.717, 1.165) is 10.7 Å². The number of rotatable bonds is 4. The predicted molar refractivity (Wildman–Crippen MR) is 61.4 cm³/mol. The highest BCUT2D eigenvalue weighted by Crippen LogP contribution is 2.14. The minimum atomic E-state index is 0.0827. The van der Waals surface area contributed by atoms with Gasteiger partial charge in [0.2, 0.25) is 5.89 Å². The first kappa shape index (κ1) is 11.2. The van der Waals surface area contributed by atoms with Gasteiger partial charge < -0.3 is 9.84 Å². The standard InChI is InChI=1S/C10H14N4OS/c1-6-5-16-9(12-6)4-8-13-10(15-14-8)7(2)11-3/h5,7,11H,4H2,1-3H3. The van der Waals surface area contributed by atoms with Crippen LogP contribution in [0.3, 0.4) is 0 Å². The molecule has 0 aromatic carbocycles. The van der Waals surface area contributed by atoms with E-state index in [2.05, 4.69) is 20.4 Å². The maximum Gasteiger partial charge on any atom is 0.243 e. The summed E-state index contributed by atoms with van der Waals surface area (Å²) in [4.78, 5) is 8.67. The minimum absolute atomic E-state index is 0.0827. The predicted octanol–water partition coefficient (Wildman–Crippen LogP) is 1.71. The van der Waals surface area contributed by atoms with Crippen molar-refractivity contribution in [3.8, 4) is 0 Å². The molecule has 2 heterocycles. The molecule has 1 N–H and O–H groups in total. The fraction of sp³-hybridized carbons (Fsp3) is 0.500. The lowest BCUT2D eigenvalue weighted by Gasteiger charge is -2.01. The lowest BCUT2D eigenvalue weighted by atomic mass is 10.3. The quantitative estimate of drug-likeness (QED) is 0.878. The second-order valence-corrected chi connectivity index (χ2v) is 4.56. The molecule has 0 saturated carbocycles. The molecule has 5 nitrogen and oxygen atoms in total. The van der Waals surface area contributed by atoms with E-state index >= 15 is 0 Å². The monoisotopic (exact) mass is 238 g/mol. The van der Waals surface area contributed by atoms with Crippen molar-refractivity contribution >= 4 is 11.3 Å². The summed E-state index contributed by atoms with van der Waals surface area (Å²) in [5.74, 6) is 1.30. The molecule has 0 saturated heterocycles. The molecule has 1 atom stereocenters. The Labute approximate surface area is 97.9 Å². The van der Waals surface area contributed by atoms with Crippen LogP contribution >= 0.6 is 11.3 Å². The first-order chi connectivity index (χ1) is 7.69. The second-order valence-electron chi connectivity index (χ2n) is 3.62. The smallest absolute Gasteiger partial charge is 0.243 e. The number of nitrogens with one attached hydrogen (secondary N) is 1. The van der Waals surface area contributed by atoms with Gasteiger partial charge in [0, 0.05) is 11.1 Å². The number of aryl methyl sites for hydroxylation is 1. The topological polar surface area (TPSA) is 63.8 Å². The molecule has 0 spiro atoms. The summed E-state index contributed by atoms with van der Waals surface area (Å²) in [5, 5.41) is 10.0. The van der Waals surface area contributed by atoms with Crippen LogP contribution in [-0.2, 0) is 6.42 Å². The molecule has 0 aliphatic rings. The van der Waals surface area contributed by atoms with Gasteiger partial charge in [-0.2, -0.15) is 4.98 Å². The maximum absolute atomic E-state index is 5.15. The molecule has 86 valence electrons. The Balaban J connectivity index is 2.08. The number of hydrogen-bond acceptors (Lipinski definition) is 6. The zero-order valence-electron chi connectivity index (χ0n) is 9.52.